The Balaban J connectivity index is 2.98. The summed E-state index contributed by atoms with van der Waals surface area (Å²) in [7, 11) is 3.18. The molecule has 0 saturated heterocycles. The third-order valence-electron chi connectivity index (χ3n) is 3.23. The first kappa shape index (κ1) is 17.7. The fourth-order valence-electron chi connectivity index (χ4n) is 2.06. The van der Waals surface area contributed by atoms with Gasteiger partial charge in [-0.05, 0) is 29.9 Å². The highest BCUT2D eigenvalue weighted by atomic mass is 32.2. The van der Waals surface area contributed by atoms with Gasteiger partial charge in [0, 0.05) is 11.4 Å². The molecule has 0 saturated carbocycles. The first-order valence-corrected chi connectivity index (χ1v) is 7.92. The summed E-state index contributed by atoms with van der Waals surface area (Å²) in [4.78, 5) is 12.3. The third-order valence-corrected chi connectivity index (χ3v) is 4.05. The molecule has 118 valence electrons. The Morgan fingerprint density at radius 1 is 1.29 bits per heavy atom. The van der Waals surface area contributed by atoms with Crippen LogP contribution < -0.4 is 14.8 Å². The van der Waals surface area contributed by atoms with Crippen LogP contribution in [0.3, 0.4) is 0 Å². The van der Waals surface area contributed by atoms with Crippen molar-refractivity contribution >= 4 is 17.7 Å². The number of thioether (sulfide) groups is 1. The highest BCUT2D eigenvalue weighted by molar-refractivity contribution is 7.98. The van der Waals surface area contributed by atoms with Gasteiger partial charge in [-0.15, -0.1) is 11.8 Å². The topological polar surface area (TPSA) is 67.8 Å². The molecule has 0 aromatic heterocycles. The molecule has 1 aromatic carbocycles. The predicted molar refractivity (Wildman–Crippen MR) is 84.4 cm³/mol. The van der Waals surface area contributed by atoms with Gasteiger partial charge in [-0.1, -0.05) is 13.8 Å². The van der Waals surface area contributed by atoms with Crippen LogP contribution in [0, 0.1) is 5.92 Å². The fourth-order valence-corrected chi connectivity index (χ4v) is 2.68. The van der Waals surface area contributed by atoms with E-state index in [0.717, 1.165) is 10.5 Å². The van der Waals surface area contributed by atoms with Crippen molar-refractivity contribution < 1.29 is 19.4 Å². The minimum absolute atomic E-state index is 0.0142. The van der Waals surface area contributed by atoms with E-state index in [2.05, 4.69) is 5.32 Å². The molecule has 0 aliphatic carbocycles. The van der Waals surface area contributed by atoms with Crippen LogP contribution in [-0.4, -0.2) is 37.6 Å². The molecule has 0 bridgehead atoms. The molecule has 1 aromatic rings. The lowest BCUT2D eigenvalue weighted by atomic mass is 10.0. The lowest BCUT2D eigenvalue weighted by Crippen LogP contribution is -2.40. The summed E-state index contributed by atoms with van der Waals surface area (Å²) in [6.45, 7) is 4.23. The number of hydrogen-bond acceptors (Lipinski definition) is 5. The van der Waals surface area contributed by atoms with Gasteiger partial charge in [-0.3, -0.25) is 4.79 Å². The van der Waals surface area contributed by atoms with Crippen molar-refractivity contribution in [1.29, 1.82) is 0 Å². The maximum atomic E-state index is 11.2. The number of methoxy groups -OCH3 is 2. The Kier molecular flexibility index (Phi) is 6.84. The lowest BCUT2D eigenvalue weighted by molar-refractivity contribution is -0.140. The molecule has 6 heteroatoms. The fraction of sp³-hybridized carbons (Fsp3) is 0.533. The second kappa shape index (κ2) is 8.14. The van der Waals surface area contributed by atoms with E-state index in [-0.39, 0.29) is 5.92 Å². The van der Waals surface area contributed by atoms with Gasteiger partial charge in [0.1, 0.15) is 6.04 Å². The Bertz CT molecular complexity index is 491. The van der Waals surface area contributed by atoms with Gasteiger partial charge in [0.05, 0.1) is 14.2 Å². The number of rotatable bonds is 8. The van der Waals surface area contributed by atoms with Gasteiger partial charge in [-0.25, -0.2) is 0 Å². The second-order valence-corrected chi connectivity index (χ2v) is 5.81. The summed E-state index contributed by atoms with van der Waals surface area (Å²) in [5.74, 6) is 0.490. The number of nitrogens with one attached hydrogen (secondary N) is 1. The van der Waals surface area contributed by atoms with Crippen LogP contribution in [0.1, 0.15) is 19.4 Å². The molecule has 1 atom stereocenters. The highest BCUT2D eigenvalue weighted by Gasteiger charge is 2.21. The Morgan fingerprint density at radius 3 is 2.29 bits per heavy atom. The molecule has 0 heterocycles. The summed E-state index contributed by atoms with van der Waals surface area (Å²) in [5.41, 5.74) is 0.993. The van der Waals surface area contributed by atoms with Gasteiger partial charge >= 0.3 is 5.97 Å². The number of carbonyl (C=O) groups is 1. The molecule has 0 aliphatic heterocycles. The average Bonchev–Trinajstić information content (AvgIpc) is 2.45. The van der Waals surface area contributed by atoms with Gasteiger partial charge < -0.3 is 19.9 Å². The van der Waals surface area contributed by atoms with E-state index in [1.165, 1.54) is 0 Å². The van der Waals surface area contributed by atoms with Crippen molar-refractivity contribution in [2.24, 2.45) is 5.92 Å². The van der Waals surface area contributed by atoms with Crippen LogP contribution >= 0.6 is 11.8 Å². The van der Waals surface area contributed by atoms with E-state index in [1.807, 2.05) is 32.2 Å². The van der Waals surface area contributed by atoms with Crippen molar-refractivity contribution in [1.82, 2.24) is 5.32 Å². The standard InChI is InChI=1S/C15H23NO4S/c1-9(2)14(15(17)18)16-8-10-6-11(19-3)12(20-4)7-13(10)21-5/h6-7,9,14,16H,8H2,1-5H3,(H,17,18)/t14-/m1/s1. The number of benzene rings is 1. The largest absolute Gasteiger partial charge is 0.493 e. The van der Waals surface area contributed by atoms with E-state index in [9.17, 15) is 9.90 Å². The number of aliphatic carboxylic acids is 1. The molecule has 0 amide bonds. The van der Waals surface area contributed by atoms with E-state index in [0.29, 0.717) is 18.0 Å². The summed E-state index contributed by atoms with van der Waals surface area (Å²) in [6.07, 6.45) is 1.97. The zero-order valence-electron chi connectivity index (χ0n) is 13.1. The first-order chi connectivity index (χ1) is 9.94. The molecular weight excluding hydrogens is 290 g/mol. The minimum Gasteiger partial charge on any atom is -0.493 e. The number of hydrogen-bond donors (Lipinski definition) is 2. The molecular formula is C15H23NO4S. The maximum Gasteiger partial charge on any atom is 0.320 e. The van der Waals surface area contributed by atoms with Crippen molar-refractivity contribution in [2.75, 3.05) is 20.5 Å². The van der Waals surface area contributed by atoms with Crippen LogP contribution in [-0.2, 0) is 11.3 Å². The molecule has 2 N–H and O–H groups in total. The average molecular weight is 313 g/mol. The smallest absolute Gasteiger partial charge is 0.320 e. The number of carboxylic acids is 1. The van der Waals surface area contributed by atoms with Crippen molar-refractivity contribution in [2.45, 2.75) is 31.3 Å². The quantitative estimate of drug-likeness (QED) is 0.719. The normalized spacial score (nSPS) is 12.3. The molecule has 0 radical (unpaired) electrons. The monoisotopic (exact) mass is 313 g/mol. The van der Waals surface area contributed by atoms with Gasteiger partial charge in [0.25, 0.3) is 0 Å². The van der Waals surface area contributed by atoms with Crippen LogP contribution in [0.5, 0.6) is 11.5 Å². The molecule has 1 rings (SSSR count). The van der Waals surface area contributed by atoms with E-state index >= 15 is 0 Å². The van der Waals surface area contributed by atoms with Crippen molar-refractivity contribution in [3.8, 4) is 11.5 Å². The maximum absolute atomic E-state index is 11.2. The lowest BCUT2D eigenvalue weighted by Gasteiger charge is -2.20. The van der Waals surface area contributed by atoms with Gasteiger partial charge in [0.15, 0.2) is 11.5 Å². The van der Waals surface area contributed by atoms with E-state index in [1.54, 1.807) is 26.0 Å². The highest BCUT2D eigenvalue weighted by Crippen LogP contribution is 2.34. The van der Waals surface area contributed by atoms with Crippen molar-refractivity contribution in [3.05, 3.63) is 17.7 Å². The number of ether oxygens (including phenoxy) is 2. The second-order valence-electron chi connectivity index (χ2n) is 4.96. The predicted octanol–water partition coefficient (Wildman–Crippen LogP) is 2.62. The summed E-state index contributed by atoms with van der Waals surface area (Å²) in [5, 5.41) is 12.3. The Labute approximate surface area is 130 Å². The minimum atomic E-state index is -0.837. The van der Waals surface area contributed by atoms with Crippen LogP contribution in [0.25, 0.3) is 0 Å². The van der Waals surface area contributed by atoms with Gasteiger partial charge in [-0.2, -0.15) is 0 Å². The summed E-state index contributed by atoms with van der Waals surface area (Å²) in [6, 6.07) is 3.22. The first-order valence-electron chi connectivity index (χ1n) is 6.69. The zero-order valence-corrected chi connectivity index (χ0v) is 13.9. The van der Waals surface area contributed by atoms with Gasteiger partial charge in [0.2, 0.25) is 0 Å². The summed E-state index contributed by atoms with van der Waals surface area (Å²) < 4.78 is 10.6. The molecule has 0 unspecified atom stereocenters. The molecule has 0 aliphatic rings. The molecule has 0 spiro atoms. The summed E-state index contributed by atoms with van der Waals surface area (Å²) >= 11 is 1.59. The van der Waals surface area contributed by atoms with Crippen LogP contribution in [0.2, 0.25) is 0 Å². The van der Waals surface area contributed by atoms with Crippen molar-refractivity contribution in [3.63, 3.8) is 0 Å². The molecule has 0 fully saturated rings. The SMILES string of the molecule is COc1cc(CN[C@@H](C(=O)O)C(C)C)c(SC)cc1OC. The van der Waals surface area contributed by atoms with E-state index in [4.69, 9.17) is 9.47 Å². The zero-order chi connectivity index (χ0) is 16.0. The molecule has 21 heavy (non-hydrogen) atoms. The van der Waals surface area contributed by atoms with Crippen LogP contribution in [0.15, 0.2) is 17.0 Å². The van der Waals surface area contributed by atoms with Crippen LogP contribution in [0.4, 0.5) is 0 Å². The Hall–Kier alpha value is -1.40. The molecule has 5 nitrogen and oxygen atoms in total. The third kappa shape index (κ3) is 4.54. The number of carboxylic acid groups (broad SMARTS) is 1. The Morgan fingerprint density at radius 2 is 1.86 bits per heavy atom. The van der Waals surface area contributed by atoms with E-state index < -0.39 is 12.0 Å².